The molecule has 0 radical (unpaired) electrons. The molecule has 1 heterocycles. The largest absolute Gasteiger partial charge is 0.433 e. The Labute approximate surface area is 78.8 Å². The van der Waals surface area contributed by atoms with Crippen molar-refractivity contribution in [1.82, 2.24) is 4.98 Å². The number of nitrogens with zero attached hydrogens (tertiary/aromatic N) is 1. The van der Waals surface area contributed by atoms with Crippen LogP contribution in [0.25, 0.3) is 11.0 Å². The zero-order valence-corrected chi connectivity index (χ0v) is 7.80. The second-order valence-corrected chi connectivity index (χ2v) is 3.24. The van der Waals surface area contributed by atoms with Crippen LogP contribution in [0.3, 0.4) is 0 Å². The van der Waals surface area contributed by atoms with E-state index in [0.29, 0.717) is 16.2 Å². The van der Waals surface area contributed by atoms with E-state index in [1.54, 1.807) is 18.2 Å². The molecule has 2 aromatic rings. The Morgan fingerprint density at radius 3 is 2.92 bits per heavy atom. The first kappa shape index (κ1) is 8.31. The minimum atomic E-state index is -0.230. The number of hydrogen-bond donors (Lipinski definition) is 0. The fourth-order valence-corrected chi connectivity index (χ4v) is 1.43. The van der Waals surface area contributed by atoms with Crippen molar-refractivity contribution in [2.24, 2.45) is 0 Å². The molecule has 0 aliphatic carbocycles. The Morgan fingerprint density at radius 2 is 2.15 bits per heavy atom. The number of fused-ring (bicyclic) bond motifs is 1. The van der Waals surface area contributed by atoms with Crippen molar-refractivity contribution in [2.45, 2.75) is 5.22 Å². The van der Waals surface area contributed by atoms with Crippen LogP contribution in [0.2, 0.25) is 0 Å². The van der Waals surface area contributed by atoms with Crippen LogP contribution < -0.4 is 5.56 Å². The van der Waals surface area contributed by atoms with Gasteiger partial charge in [0.1, 0.15) is 5.58 Å². The highest BCUT2D eigenvalue weighted by Crippen LogP contribution is 2.15. The third-order valence-electron chi connectivity index (χ3n) is 1.68. The number of thioether (sulfide) groups is 1. The van der Waals surface area contributed by atoms with E-state index < -0.39 is 0 Å². The first-order chi connectivity index (χ1) is 6.31. The molecule has 0 N–H and O–H groups in total. The second kappa shape index (κ2) is 3.22. The van der Waals surface area contributed by atoms with Crippen LogP contribution in [0, 0.1) is 0 Å². The van der Waals surface area contributed by atoms with Crippen molar-refractivity contribution < 1.29 is 4.42 Å². The molecule has 3 nitrogen and oxygen atoms in total. The SMILES string of the molecule is CSc1nc(=O)c2ccccc2o1. The molecular weight excluding hydrogens is 186 g/mol. The fraction of sp³-hybridized carbons (Fsp3) is 0.111. The molecule has 2 rings (SSSR count). The summed E-state index contributed by atoms with van der Waals surface area (Å²) in [5.74, 6) is 0. The second-order valence-electron chi connectivity index (χ2n) is 2.49. The summed E-state index contributed by atoms with van der Waals surface area (Å²) < 4.78 is 5.34. The van der Waals surface area contributed by atoms with E-state index in [0.717, 1.165) is 0 Å². The topological polar surface area (TPSA) is 43.1 Å². The van der Waals surface area contributed by atoms with Gasteiger partial charge in [0, 0.05) is 0 Å². The highest BCUT2D eigenvalue weighted by Gasteiger charge is 2.03. The maximum atomic E-state index is 11.4. The smallest absolute Gasteiger partial charge is 0.284 e. The van der Waals surface area contributed by atoms with Gasteiger partial charge in [-0.2, -0.15) is 4.98 Å². The molecule has 13 heavy (non-hydrogen) atoms. The molecule has 66 valence electrons. The van der Waals surface area contributed by atoms with Gasteiger partial charge in [0.05, 0.1) is 5.39 Å². The monoisotopic (exact) mass is 193 g/mol. The van der Waals surface area contributed by atoms with Crippen LogP contribution in [0.4, 0.5) is 0 Å². The summed E-state index contributed by atoms with van der Waals surface area (Å²) in [7, 11) is 0. The standard InChI is InChI=1S/C9H7NO2S/c1-13-9-10-8(11)6-4-2-3-5-7(6)12-9/h2-5H,1H3. The highest BCUT2D eigenvalue weighted by molar-refractivity contribution is 7.98. The molecule has 0 atom stereocenters. The van der Waals surface area contributed by atoms with Crippen molar-refractivity contribution in [2.75, 3.05) is 6.26 Å². The summed E-state index contributed by atoms with van der Waals surface area (Å²) in [6.07, 6.45) is 1.82. The first-order valence-corrected chi connectivity index (χ1v) is 4.97. The van der Waals surface area contributed by atoms with Crippen LogP contribution in [-0.2, 0) is 0 Å². The van der Waals surface area contributed by atoms with E-state index in [9.17, 15) is 4.79 Å². The number of hydrogen-bond acceptors (Lipinski definition) is 4. The summed E-state index contributed by atoms with van der Waals surface area (Å²) in [5, 5.41) is 0.934. The molecule has 0 aliphatic heterocycles. The van der Waals surface area contributed by atoms with Gasteiger partial charge in [0.25, 0.3) is 10.8 Å². The molecule has 0 aliphatic rings. The number of benzene rings is 1. The van der Waals surface area contributed by atoms with Gasteiger partial charge in [-0.05, 0) is 18.4 Å². The molecule has 4 heteroatoms. The van der Waals surface area contributed by atoms with Gasteiger partial charge in [0.2, 0.25) is 0 Å². The van der Waals surface area contributed by atoms with E-state index in [-0.39, 0.29) is 5.56 Å². The number of para-hydroxylation sites is 1. The normalized spacial score (nSPS) is 10.5. The molecule has 1 aromatic carbocycles. The molecule has 0 saturated carbocycles. The lowest BCUT2D eigenvalue weighted by molar-refractivity contribution is 0.461. The van der Waals surface area contributed by atoms with Gasteiger partial charge >= 0.3 is 0 Å². The van der Waals surface area contributed by atoms with Gasteiger partial charge in [-0.25, -0.2) is 0 Å². The van der Waals surface area contributed by atoms with Crippen molar-refractivity contribution in [3.8, 4) is 0 Å². The molecular formula is C9H7NO2S. The van der Waals surface area contributed by atoms with E-state index in [4.69, 9.17) is 4.42 Å². The molecule has 0 fully saturated rings. The zero-order valence-electron chi connectivity index (χ0n) is 6.98. The molecule has 1 aromatic heterocycles. The predicted molar refractivity (Wildman–Crippen MR) is 52.1 cm³/mol. The van der Waals surface area contributed by atoms with Gasteiger partial charge in [-0.15, -0.1) is 0 Å². The third kappa shape index (κ3) is 1.45. The molecule has 0 unspecified atom stereocenters. The van der Waals surface area contributed by atoms with E-state index in [1.165, 1.54) is 11.8 Å². The van der Waals surface area contributed by atoms with Gasteiger partial charge in [-0.3, -0.25) is 4.79 Å². The Bertz CT molecular complexity index is 492. The Morgan fingerprint density at radius 1 is 1.38 bits per heavy atom. The maximum absolute atomic E-state index is 11.4. The Kier molecular flexibility index (Phi) is 2.06. The minimum absolute atomic E-state index is 0.230. The number of aromatic nitrogens is 1. The van der Waals surface area contributed by atoms with Crippen molar-refractivity contribution in [3.63, 3.8) is 0 Å². The first-order valence-electron chi connectivity index (χ1n) is 3.75. The van der Waals surface area contributed by atoms with E-state index in [1.807, 2.05) is 12.3 Å². The summed E-state index contributed by atoms with van der Waals surface area (Å²) in [4.78, 5) is 15.1. The van der Waals surface area contributed by atoms with Gasteiger partial charge in [-0.1, -0.05) is 23.9 Å². The zero-order chi connectivity index (χ0) is 9.26. The van der Waals surface area contributed by atoms with Gasteiger partial charge < -0.3 is 4.42 Å². The molecule has 0 spiro atoms. The average Bonchev–Trinajstić information content (AvgIpc) is 2.18. The number of rotatable bonds is 1. The molecule has 0 saturated heterocycles. The molecule has 0 amide bonds. The Hall–Kier alpha value is -1.29. The summed E-state index contributed by atoms with van der Waals surface area (Å²) in [6.45, 7) is 0. The summed E-state index contributed by atoms with van der Waals surface area (Å²) in [5.41, 5.74) is 0.359. The summed E-state index contributed by atoms with van der Waals surface area (Å²) in [6, 6.07) is 7.09. The van der Waals surface area contributed by atoms with Crippen molar-refractivity contribution in [1.29, 1.82) is 0 Å². The quantitative estimate of drug-likeness (QED) is 0.649. The summed E-state index contributed by atoms with van der Waals surface area (Å²) >= 11 is 1.32. The lowest BCUT2D eigenvalue weighted by Crippen LogP contribution is -2.06. The average molecular weight is 193 g/mol. The predicted octanol–water partition coefficient (Wildman–Crippen LogP) is 1.91. The lowest BCUT2D eigenvalue weighted by atomic mass is 10.3. The fourth-order valence-electron chi connectivity index (χ4n) is 1.08. The van der Waals surface area contributed by atoms with E-state index >= 15 is 0 Å². The Balaban J connectivity index is 2.85. The van der Waals surface area contributed by atoms with Gasteiger partial charge in [0.15, 0.2) is 0 Å². The molecule has 0 bridgehead atoms. The maximum Gasteiger partial charge on any atom is 0.284 e. The minimum Gasteiger partial charge on any atom is -0.433 e. The van der Waals surface area contributed by atoms with Crippen LogP contribution in [0.15, 0.2) is 38.7 Å². The highest BCUT2D eigenvalue weighted by atomic mass is 32.2. The van der Waals surface area contributed by atoms with E-state index in [2.05, 4.69) is 4.98 Å². The van der Waals surface area contributed by atoms with Crippen LogP contribution in [0.1, 0.15) is 0 Å². The van der Waals surface area contributed by atoms with Crippen molar-refractivity contribution >= 4 is 22.7 Å². The van der Waals surface area contributed by atoms with Crippen molar-refractivity contribution in [3.05, 3.63) is 34.6 Å². The lowest BCUT2D eigenvalue weighted by Gasteiger charge is -1.96. The van der Waals surface area contributed by atoms with Crippen LogP contribution in [-0.4, -0.2) is 11.2 Å². The third-order valence-corrected chi connectivity index (χ3v) is 2.21. The van der Waals surface area contributed by atoms with Crippen LogP contribution in [0.5, 0.6) is 0 Å². The van der Waals surface area contributed by atoms with Crippen LogP contribution >= 0.6 is 11.8 Å².